The molecule has 0 aromatic heterocycles. The molecule has 0 saturated heterocycles. The van der Waals surface area contributed by atoms with Crippen LogP contribution in [0.5, 0.6) is 0 Å². The van der Waals surface area contributed by atoms with E-state index in [-0.39, 0.29) is 17.8 Å². The van der Waals surface area contributed by atoms with E-state index in [1.165, 1.54) is 23.5 Å². The highest BCUT2D eigenvalue weighted by Gasteiger charge is 2.20. The van der Waals surface area contributed by atoms with E-state index in [9.17, 15) is 24.8 Å². The molecular formula is C13H19N4O5+. The average molecular weight is 311 g/mol. The van der Waals surface area contributed by atoms with Gasteiger partial charge in [0, 0.05) is 12.5 Å². The summed E-state index contributed by atoms with van der Waals surface area (Å²) in [5.74, 6) is -1.96. The number of rotatable bonds is 9. The molecule has 6 N–H and O–H groups in total. The minimum Gasteiger partial charge on any atom is -0.544 e. The van der Waals surface area contributed by atoms with Crippen LogP contribution in [0.3, 0.4) is 0 Å². The minimum absolute atomic E-state index is 0.0346. The van der Waals surface area contributed by atoms with Crippen molar-refractivity contribution >= 4 is 23.3 Å². The number of hydrogen-bond acceptors (Lipinski definition) is 5. The number of nitrogens with one attached hydrogen (secondary N) is 1. The highest BCUT2D eigenvalue weighted by molar-refractivity contribution is 5.95. The maximum Gasteiger partial charge on any atom is 0.292 e. The Morgan fingerprint density at radius 1 is 1.36 bits per heavy atom. The zero-order valence-electron chi connectivity index (χ0n) is 12.0. The van der Waals surface area contributed by atoms with Gasteiger partial charge in [-0.2, -0.15) is 0 Å². The van der Waals surface area contributed by atoms with Gasteiger partial charge in [-0.1, -0.05) is 12.1 Å². The molecule has 0 bridgehead atoms. The van der Waals surface area contributed by atoms with Gasteiger partial charge in [0.25, 0.3) is 5.69 Å². The van der Waals surface area contributed by atoms with Gasteiger partial charge in [0.15, 0.2) is 0 Å². The van der Waals surface area contributed by atoms with E-state index in [0.717, 1.165) is 6.42 Å². The number of nitrogens with two attached hydrogens (primary N) is 1. The number of carboxylic acids is 1. The smallest absolute Gasteiger partial charge is 0.292 e. The second-order valence-corrected chi connectivity index (χ2v) is 4.68. The second kappa shape index (κ2) is 8.70. The third kappa shape index (κ3) is 5.46. The van der Waals surface area contributed by atoms with Crippen molar-refractivity contribution < 1.29 is 30.7 Å². The molecule has 1 aromatic rings. The van der Waals surface area contributed by atoms with Crippen LogP contribution in [0.2, 0.25) is 0 Å². The van der Waals surface area contributed by atoms with Gasteiger partial charge < -0.3 is 26.3 Å². The number of carbonyl (C=O) groups is 2. The van der Waals surface area contributed by atoms with Crippen molar-refractivity contribution in [2.75, 3.05) is 18.4 Å². The number of hydrogen-bond donors (Lipinski definition) is 3. The summed E-state index contributed by atoms with van der Waals surface area (Å²) in [6.45, 7) is 1.18. The van der Waals surface area contributed by atoms with Crippen molar-refractivity contribution in [1.29, 1.82) is 0 Å². The first-order chi connectivity index (χ1) is 10.5. The molecule has 0 heterocycles. The molecule has 1 amide bonds. The van der Waals surface area contributed by atoms with Crippen LogP contribution < -0.4 is 21.5 Å². The lowest BCUT2D eigenvalue weighted by Gasteiger charge is -2.16. The Morgan fingerprint density at radius 3 is 2.64 bits per heavy atom. The molecular weight excluding hydrogens is 292 g/mol. The van der Waals surface area contributed by atoms with Crippen LogP contribution in [-0.4, -0.2) is 35.9 Å². The molecule has 1 aromatic carbocycles. The Bertz CT molecular complexity index is 549. The van der Waals surface area contributed by atoms with Crippen LogP contribution in [0.15, 0.2) is 24.3 Å². The van der Waals surface area contributed by atoms with Gasteiger partial charge >= 0.3 is 0 Å². The van der Waals surface area contributed by atoms with Crippen molar-refractivity contribution in [2.24, 2.45) is 0 Å². The Balaban J connectivity index is 2.68. The zero-order valence-corrected chi connectivity index (χ0v) is 12.0. The summed E-state index contributed by atoms with van der Waals surface area (Å²) in [7, 11) is 0. The van der Waals surface area contributed by atoms with Crippen molar-refractivity contribution in [3.8, 4) is 0 Å². The van der Waals surface area contributed by atoms with Gasteiger partial charge in [-0.05, 0) is 6.07 Å². The number of anilines is 1. The summed E-state index contributed by atoms with van der Waals surface area (Å²) < 4.78 is 0. The van der Waals surface area contributed by atoms with Gasteiger partial charge in [-0.3, -0.25) is 14.9 Å². The topological polar surface area (TPSA) is 157 Å². The number of amides is 1. The van der Waals surface area contributed by atoms with Crippen LogP contribution in [0.1, 0.15) is 12.8 Å². The Morgan fingerprint density at radius 2 is 2.05 bits per heavy atom. The predicted octanol–water partition coefficient (Wildman–Crippen LogP) is -2.76. The summed E-state index contributed by atoms with van der Waals surface area (Å²) >= 11 is 0. The molecule has 120 valence electrons. The van der Waals surface area contributed by atoms with E-state index in [0.29, 0.717) is 13.1 Å². The number of nitrogens with zero attached hydrogens (tertiary/aromatic N) is 1. The number of carbonyl (C=O) groups excluding carboxylic acids is 2. The highest BCUT2D eigenvalue weighted by atomic mass is 16.6. The SMILES string of the molecule is [NH3+]CCC[NH2+][C@H](CC(=O)Nc1ccccc1[N+](=O)[O-])C(=O)[O-]. The molecule has 22 heavy (non-hydrogen) atoms. The lowest BCUT2D eigenvalue weighted by molar-refractivity contribution is -0.684. The fourth-order valence-corrected chi connectivity index (χ4v) is 1.87. The molecule has 1 rings (SSSR count). The quantitative estimate of drug-likeness (QED) is 0.256. The Kier molecular flexibility index (Phi) is 6.93. The van der Waals surface area contributed by atoms with Crippen LogP contribution in [0.25, 0.3) is 0 Å². The second-order valence-electron chi connectivity index (χ2n) is 4.68. The lowest BCUT2D eigenvalue weighted by Crippen LogP contribution is -2.93. The van der Waals surface area contributed by atoms with Crippen molar-refractivity contribution in [3.63, 3.8) is 0 Å². The number of para-hydroxylation sites is 2. The third-order valence-corrected chi connectivity index (χ3v) is 2.99. The number of aliphatic carboxylic acids is 1. The molecule has 0 aliphatic carbocycles. The van der Waals surface area contributed by atoms with Gasteiger partial charge in [-0.15, -0.1) is 0 Å². The predicted molar refractivity (Wildman–Crippen MR) is 74.3 cm³/mol. The van der Waals surface area contributed by atoms with Crippen LogP contribution >= 0.6 is 0 Å². The van der Waals surface area contributed by atoms with Crippen molar-refractivity contribution in [1.82, 2.24) is 0 Å². The highest BCUT2D eigenvalue weighted by Crippen LogP contribution is 2.23. The normalized spacial score (nSPS) is 11.7. The van der Waals surface area contributed by atoms with E-state index in [1.54, 1.807) is 6.07 Å². The zero-order chi connectivity index (χ0) is 16.5. The van der Waals surface area contributed by atoms with Gasteiger partial charge in [0.2, 0.25) is 5.91 Å². The van der Waals surface area contributed by atoms with E-state index in [1.807, 2.05) is 0 Å². The van der Waals surface area contributed by atoms with Gasteiger partial charge in [-0.25, -0.2) is 0 Å². The van der Waals surface area contributed by atoms with Crippen LogP contribution in [-0.2, 0) is 9.59 Å². The third-order valence-electron chi connectivity index (χ3n) is 2.99. The number of carboxylic acid groups (broad SMARTS) is 1. The first kappa shape index (κ1) is 17.5. The molecule has 9 heteroatoms. The minimum atomic E-state index is -1.35. The van der Waals surface area contributed by atoms with E-state index in [4.69, 9.17) is 0 Å². The summed E-state index contributed by atoms with van der Waals surface area (Å²) in [4.78, 5) is 33.1. The van der Waals surface area contributed by atoms with E-state index in [2.05, 4.69) is 11.1 Å². The molecule has 0 unspecified atom stereocenters. The lowest BCUT2D eigenvalue weighted by atomic mass is 10.2. The van der Waals surface area contributed by atoms with E-state index < -0.39 is 22.8 Å². The van der Waals surface area contributed by atoms with Crippen LogP contribution in [0, 0.1) is 10.1 Å². The number of nitro groups is 1. The largest absolute Gasteiger partial charge is 0.544 e. The van der Waals surface area contributed by atoms with Crippen LogP contribution in [0.4, 0.5) is 11.4 Å². The molecule has 1 atom stereocenters. The number of quaternary nitrogens is 2. The maximum atomic E-state index is 11.9. The summed E-state index contributed by atoms with van der Waals surface area (Å²) in [5.41, 5.74) is 3.43. The molecule has 0 saturated carbocycles. The van der Waals surface area contributed by atoms with Gasteiger partial charge in [0.1, 0.15) is 11.7 Å². The molecule has 0 aliphatic rings. The Hall–Kier alpha value is -2.52. The molecule has 0 aliphatic heterocycles. The van der Waals surface area contributed by atoms with Gasteiger partial charge in [0.05, 0.1) is 30.4 Å². The summed E-state index contributed by atoms with van der Waals surface area (Å²) in [5, 5.41) is 25.7. The maximum absolute atomic E-state index is 11.9. The molecule has 9 nitrogen and oxygen atoms in total. The average Bonchev–Trinajstić information content (AvgIpc) is 2.46. The number of nitro benzene ring substituents is 1. The summed E-state index contributed by atoms with van der Waals surface area (Å²) in [6, 6.07) is 4.63. The molecule has 0 radical (unpaired) electrons. The molecule has 0 spiro atoms. The van der Waals surface area contributed by atoms with E-state index >= 15 is 0 Å². The van der Waals surface area contributed by atoms with Crippen molar-refractivity contribution in [3.05, 3.63) is 34.4 Å². The fourth-order valence-electron chi connectivity index (χ4n) is 1.87. The van der Waals surface area contributed by atoms with Crippen molar-refractivity contribution in [2.45, 2.75) is 18.9 Å². The first-order valence-electron chi connectivity index (χ1n) is 6.82. The molecule has 0 fully saturated rings. The fraction of sp³-hybridized carbons (Fsp3) is 0.385. The number of benzene rings is 1. The standard InChI is InChI=1S/C13H18N4O5/c14-6-3-7-15-10(13(19)20)8-12(18)16-9-4-1-2-5-11(9)17(21)22/h1-2,4-5,10,15H,3,6-8,14H2,(H,16,18)(H,19,20)/p+1/t10-/m1/s1. The summed E-state index contributed by atoms with van der Waals surface area (Å²) in [6.07, 6.45) is 0.390. The Labute approximate surface area is 126 Å². The first-order valence-corrected chi connectivity index (χ1v) is 6.82. The monoisotopic (exact) mass is 311 g/mol.